The van der Waals surface area contributed by atoms with E-state index < -0.39 is 10.0 Å². The predicted molar refractivity (Wildman–Crippen MR) is 144 cm³/mol. The Balaban J connectivity index is 1.56. The minimum Gasteiger partial charge on any atom is -0.487 e. The van der Waals surface area contributed by atoms with Gasteiger partial charge < -0.3 is 10.1 Å². The maximum absolute atomic E-state index is 13.2. The molecule has 0 saturated carbocycles. The number of aryl methyl sites for hydroxylation is 1. The molecular formula is C29H34N2O4S. The van der Waals surface area contributed by atoms with Gasteiger partial charge in [0.1, 0.15) is 11.4 Å². The van der Waals surface area contributed by atoms with E-state index >= 15 is 0 Å². The van der Waals surface area contributed by atoms with Crippen LogP contribution in [-0.4, -0.2) is 26.2 Å². The van der Waals surface area contributed by atoms with Gasteiger partial charge in [0.05, 0.1) is 24.5 Å². The first-order chi connectivity index (χ1) is 17.2. The molecule has 4 rings (SSSR count). The Bertz CT molecular complexity index is 1330. The number of sulfonamides is 1. The van der Waals surface area contributed by atoms with Crippen molar-refractivity contribution in [1.82, 2.24) is 5.32 Å². The number of carbonyl (C=O) groups excluding carboxylic acids is 1. The number of nitrogens with one attached hydrogen (secondary N) is 1. The molecule has 1 N–H and O–H groups in total. The van der Waals surface area contributed by atoms with E-state index in [1.807, 2.05) is 55.5 Å². The lowest BCUT2D eigenvalue weighted by molar-refractivity contribution is 0.0227. The minimum atomic E-state index is -3.52. The zero-order valence-electron chi connectivity index (χ0n) is 21.3. The van der Waals surface area contributed by atoms with Crippen molar-refractivity contribution in [2.45, 2.75) is 58.2 Å². The van der Waals surface area contributed by atoms with Crippen LogP contribution in [-0.2, 0) is 16.6 Å². The van der Waals surface area contributed by atoms with Gasteiger partial charge in [0.15, 0.2) is 0 Å². The van der Waals surface area contributed by atoms with Crippen LogP contribution in [0.5, 0.6) is 5.75 Å². The predicted octanol–water partition coefficient (Wildman–Crippen LogP) is 5.77. The lowest BCUT2D eigenvalue weighted by atomic mass is 9.83. The van der Waals surface area contributed by atoms with Gasteiger partial charge in [-0.05, 0) is 61.2 Å². The van der Waals surface area contributed by atoms with Crippen molar-refractivity contribution >= 4 is 21.6 Å². The molecule has 0 saturated heterocycles. The number of carbonyl (C=O) groups is 1. The van der Waals surface area contributed by atoms with E-state index in [0.29, 0.717) is 17.7 Å². The zero-order chi connectivity index (χ0) is 25.9. The second-order valence-electron chi connectivity index (χ2n) is 9.50. The van der Waals surface area contributed by atoms with E-state index in [1.54, 1.807) is 24.3 Å². The van der Waals surface area contributed by atoms with Gasteiger partial charge in [0, 0.05) is 17.5 Å². The summed E-state index contributed by atoms with van der Waals surface area (Å²) in [5, 5.41) is 3.19. The van der Waals surface area contributed by atoms with Gasteiger partial charge in [-0.15, -0.1) is 0 Å². The number of hydrogen-bond acceptors (Lipinski definition) is 4. The van der Waals surface area contributed by atoms with E-state index in [0.717, 1.165) is 35.3 Å². The van der Waals surface area contributed by atoms with Crippen molar-refractivity contribution in [3.8, 4) is 5.75 Å². The first kappa shape index (κ1) is 25.8. The average Bonchev–Trinajstić information content (AvgIpc) is 2.87. The van der Waals surface area contributed by atoms with Gasteiger partial charge >= 0.3 is 0 Å². The number of amides is 1. The Kier molecular flexibility index (Phi) is 7.41. The highest BCUT2D eigenvalue weighted by Gasteiger charge is 2.39. The molecule has 3 aromatic rings. The summed E-state index contributed by atoms with van der Waals surface area (Å²) in [6.07, 6.45) is 3.59. The lowest BCUT2D eigenvalue weighted by Gasteiger charge is -2.41. The van der Waals surface area contributed by atoms with Crippen LogP contribution in [0.15, 0.2) is 72.8 Å². The van der Waals surface area contributed by atoms with Crippen molar-refractivity contribution in [2.24, 2.45) is 0 Å². The molecule has 3 aromatic carbocycles. The number of anilines is 1. The Morgan fingerprint density at radius 3 is 2.28 bits per heavy atom. The van der Waals surface area contributed by atoms with Crippen molar-refractivity contribution in [3.05, 3.63) is 95.1 Å². The third kappa shape index (κ3) is 5.41. The van der Waals surface area contributed by atoms with Crippen LogP contribution >= 0.6 is 0 Å². The van der Waals surface area contributed by atoms with Crippen molar-refractivity contribution < 1.29 is 17.9 Å². The topological polar surface area (TPSA) is 75.7 Å². The summed E-state index contributed by atoms with van der Waals surface area (Å²) in [6.45, 7) is 6.41. The number of ether oxygens (including phenoxy) is 1. The molecular weight excluding hydrogens is 472 g/mol. The number of benzene rings is 3. The lowest BCUT2D eigenvalue weighted by Crippen LogP contribution is -2.44. The van der Waals surface area contributed by atoms with Crippen LogP contribution in [0.2, 0.25) is 0 Å². The summed E-state index contributed by atoms with van der Waals surface area (Å²) >= 11 is 0. The molecule has 1 amide bonds. The molecule has 1 unspecified atom stereocenters. The van der Waals surface area contributed by atoms with Gasteiger partial charge in [-0.3, -0.25) is 9.10 Å². The standard InChI is InChI=1S/C29H34N2O4S/c1-5-29(6-2)19-26(25-13-9-10-14-27(25)35-29)30-28(32)22-15-17-24(18-16-22)31(36(4,33)34)20-23-12-8-7-11-21(23)3/h7-18,26H,5-6,19-20H2,1-4H3,(H,30,32). The first-order valence-electron chi connectivity index (χ1n) is 12.4. The normalized spacial score (nSPS) is 16.5. The highest BCUT2D eigenvalue weighted by Crippen LogP contribution is 2.42. The van der Waals surface area contributed by atoms with E-state index in [9.17, 15) is 13.2 Å². The molecule has 190 valence electrons. The Labute approximate surface area is 214 Å². The summed E-state index contributed by atoms with van der Waals surface area (Å²) in [5.41, 5.74) is 3.60. The SMILES string of the molecule is CCC1(CC)CC(NC(=O)c2ccc(N(Cc3ccccc3C)S(C)(=O)=O)cc2)c2ccccc2O1. The van der Waals surface area contributed by atoms with Crippen LogP contribution in [0.4, 0.5) is 5.69 Å². The smallest absolute Gasteiger partial charge is 0.251 e. The summed E-state index contributed by atoms with van der Waals surface area (Å²) in [7, 11) is -3.52. The summed E-state index contributed by atoms with van der Waals surface area (Å²) in [6, 6.07) is 22.1. The fraction of sp³-hybridized carbons (Fsp3) is 0.345. The Hall–Kier alpha value is -3.32. The van der Waals surface area contributed by atoms with Gasteiger partial charge in [-0.1, -0.05) is 56.3 Å². The largest absolute Gasteiger partial charge is 0.487 e. The summed E-state index contributed by atoms with van der Waals surface area (Å²) in [5.74, 6) is 0.613. The van der Waals surface area contributed by atoms with Crippen molar-refractivity contribution in [3.63, 3.8) is 0 Å². The molecule has 1 heterocycles. The van der Waals surface area contributed by atoms with E-state index in [4.69, 9.17) is 4.74 Å². The number of para-hydroxylation sites is 1. The fourth-order valence-electron chi connectivity index (χ4n) is 4.79. The number of hydrogen-bond donors (Lipinski definition) is 1. The fourth-order valence-corrected chi connectivity index (χ4v) is 5.67. The second kappa shape index (κ2) is 10.3. The molecule has 1 atom stereocenters. The second-order valence-corrected chi connectivity index (χ2v) is 11.4. The molecule has 1 aliphatic heterocycles. The van der Waals surface area contributed by atoms with E-state index in [1.165, 1.54) is 10.6 Å². The van der Waals surface area contributed by atoms with Crippen LogP contribution in [0.25, 0.3) is 0 Å². The third-order valence-electron chi connectivity index (χ3n) is 7.18. The van der Waals surface area contributed by atoms with Crippen molar-refractivity contribution in [1.29, 1.82) is 0 Å². The van der Waals surface area contributed by atoms with E-state index in [-0.39, 0.29) is 24.1 Å². The molecule has 0 bridgehead atoms. The van der Waals surface area contributed by atoms with Crippen LogP contribution in [0.1, 0.15) is 66.2 Å². The molecule has 0 spiro atoms. The number of nitrogens with zero attached hydrogens (tertiary/aromatic N) is 1. The van der Waals surface area contributed by atoms with E-state index in [2.05, 4.69) is 19.2 Å². The average molecular weight is 507 g/mol. The van der Waals surface area contributed by atoms with Crippen LogP contribution in [0.3, 0.4) is 0 Å². The highest BCUT2D eigenvalue weighted by atomic mass is 32.2. The monoisotopic (exact) mass is 506 g/mol. The molecule has 0 fully saturated rings. The summed E-state index contributed by atoms with van der Waals surface area (Å²) < 4.78 is 32.9. The molecule has 36 heavy (non-hydrogen) atoms. The quantitative estimate of drug-likeness (QED) is 0.421. The Morgan fingerprint density at radius 1 is 1.00 bits per heavy atom. The van der Waals surface area contributed by atoms with Gasteiger partial charge in [-0.25, -0.2) is 8.42 Å². The molecule has 0 radical (unpaired) electrons. The molecule has 1 aliphatic rings. The maximum Gasteiger partial charge on any atom is 0.251 e. The molecule has 0 aromatic heterocycles. The minimum absolute atomic E-state index is 0.171. The highest BCUT2D eigenvalue weighted by molar-refractivity contribution is 7.92. The van der Waals surface area contributed by atoms with Crippen molar-refractivity contribution in [2.75, 3.05) is 10.6 Å². The molecule has 6 nitrogen and oxygen atoms in total. The third-order valence-corrected chi connectivity index (χ3v) is 8.32. The first-order valence-corrected chi connectivity index (χ1v) is 14.2. The van der Waals surface area contributed by atoms with Crippen LogP contribution in [0, 0.1) is 6.92 Å². The molecule has 0 aliphatic carbocycles. The van der Waals surface area contributed by atoms with Gasteiger partial charge in [0.2, 0.25) is 10.0 Å². The van der Waals surface area contributed by atoms with Gasteiger partial charge in [-0.2, -0.15) is 0 Å². The Morgan fingerprint density at radius 2 is 1.64 bits per heavy atom. The number of fused-ring (bicyclic) bond motifs is 1. The summed E-state index contributed by atoms with van der Waals surface area (Å²) in [4.78, 5) is 13.2. The maximum atomic E-state index is 13.2. The molecule has 7 heteroatoms. The van der Waals surface area contributed by atoms with Crippen LogP contribution < -0.4 is 14.4 Å². The zero-order valence-corrected chi connectivity index (χ0v) is 22.1. The van der Waals surface area contributed by atoms with Gasteiger partial charge in [0.25, 0.3) is 5.91 Å². The number of rotatable bonds is 8.